The molecule has 0 aliphatic heterocycles. The highest BCUT2D eigenvalue weighted by atomic mass is 35.5. The molecule has 152 valence electrons. The average Bonchev–Trinajstić information content (AvgIpc) is 3.12. The van der Waals surface area contributed by atoms with Gasteiger partial charge in [-0.1, -0.05) is 72.3 Å². The van der Waals surface area contributed by atoms with E-state index in [1.165, 1.54) is 16.5 Å². The number of aromatic nitrogens is 1. The quantitative estimate of drug-likeness (QED) is 0.325. The summed E-state index contributed by atoms with van der Waals surface area (Å²) < 4.78 is 2.36. The molecule has 31 heavy (non-hydrogen) atoms. The van der Waals surface area contributed by atoms with E-state index in [2.05, 4.69) is 64.5 Å². The SMILES string of the molecule is O=C(Nc1ccc2c(c1)c1ccccc1n2CCc1ccccc1)c1ccccc1Cl. The Hall–Kier alpha value is -3.56. The lowest BCUT2D eigenvalue weighted by Crippen LogP contribution is -2.12. The van der Waals surface area contributed by atoms with Crippen LogP contribution in [0.4, 0.5) is 5.69 Å². The normalized spacial score (nSPS) is 11.1. The molecule has 0 fully saturated rings. The van der Waals surface area contributed by atoms with Gasteiger partial charge in [0, 0.05) is 34.0 Å². The summed E-state index contributed by atoms with van der Waals surface area (Å²) in [5.41, 5.74) is 4.89. The molecule has 1 heterocycles. The summed E-state index contributed by atoms with van der Waals surface area (Å²) in [6.07, 6.45) is 0.958. The summed E-state index contributed by atoms with van der Waals surface area (Å²) >= 11 is 6.18. The van der Waals surface area contributed by atoms with Crippen LogP contribution < -0.4 is 5.32 Å². The lowest BCUT2D eigenvalue weighted by Gasteiger charge is -2.09. The molecule has 0 aliphatic carbocycles. The fraction of sp³-hybridized carbons (Fsp3) is 0.0741. The number of fused-ring (bicyclic) bond motifs is 3. The van der Waals surface area contributed by atoms with Gasteiger partial charge in [-0.3, -0.25) is 4.79 Å². The van der Waals surface area contributed by atoms with Gasteiger partial charge in [-0.05, 0) is 48.4 Å². The van der Waals surface area contributed by atoms with Crippen LogP contribution in [0.1, 0.15) is 15.9 Å². The first-order valence-corrected chi connectivity index (χ1v) is 10.7. The number of hydrogen-bond acceptors (Lipinski definition) is 1. The largest absolute Gasteiger partial charge is 0.340 e. The van der Waals surface area contributed by atoms with Crippen molar-refractivity contribution in [1.82, 2.24) is 4.57 Å². The molecule has 0 saturated carbocycles. The number of aryl methyl sites for hydroxylation is 2. The van der Waals surface area contributed by atoms with Crippen LogP contribution in [0.25, 0.3) is 21.8 Å². The molecule has 0 atom stereocenters. The van der Waals surface area contributed by atoms with Gasteiger partial charge >= 0.3 is 0 Å². The smallest absolute Gasteiger partial charge is 0.257 e. The van der Waals surface area contributed by atoms with E-state index in [-0.39, 0.29) is 5.91 Å². The number of carbonyl (C=O) groups is 1. The highest BCUT2D eigenvalue weighted by Crippen LogP contribution is 2.31. The van der Waals surface area contributed by atoms with Crippen molar-refractivity contribution < 1.29 is 4.79 Å². The second kappa shape index (κ2) is 8.29. The highest BCUT2D eigenvalue weighted by Gasteiger charge is 2.13. The number of para-hydroxylation sites is 1. The van der Waals surface area contributed by atoms with E-state index >= 15 is 0 Å². The molecule has 0 bridgehead atoms. The van der Waals surface area contributed by atoms with Gasteiger partial charge < -0.3 is 9.88 Å². The van der Waals surface area contributed by atoms with Crippen molar-refractivity contribution in [2.45, 2.75) is 13.0 Å². The van der Waals surface area contributed by atoms with Gasteiger partial charge in [0.15, 0.2) is 0 Å². The van der Waals surface area contributed by atoms with Crippen LogP contribution in [-0.2, 0) is 13.0 Å². The number of carbonyl (C=O) groups excluding carboxylic acids is 1. The van der Waals surface area contributed by atoms with Gasteiger partial charge in [-0.15, -0.1) is 0 Å². The van der Waals surface area contributed by atoms with Gasteiger partial charge in [-0.25, -0.2) is 0 Å². The first-order chi connectivity index (χ1) is 15.2. The second-order valence-electron chi connectivity index (χ2n) is 7.57. The van der Waals surface area contributed by atoms with Crippen LogP contribution in [0.5, 0.6) is 0 Å². The van der Waals surface area contributed by atoms with E-state index in [9.17, 15) is 4.79 Å². The monoisotopic (exact) mass is 424 g/mol. The number of benzene rings is 4. The summed E-state index contributed by atoms with van der Waals surface area (Å²) in [5.74, 6) is -0.210. The van der Waals surface area contributed by atoms with Crippen LogP contribution in [0.2, 0.25) is 5.02 Å². The average molecular weight is 425 g/mol. The molecule has 1 aromatic heterocycles. The number of halogens is 1. The van der Waals surface area contributed by atoms with Gasteiger partial charge in [0.1, 0.15) is 0 Å². The molecular weight excluding hydrogens is 404 g/mol. The predicted octanol–water partition coefficient (Wildman–Crippen LogP) is 6.94. The van der Waals surface area contributed by atoms with E-state index in [0.717, 1.165) is 29.6 Å². The standard InChI is InChI=1S/C27H21ClN2O/c28-24-12-6-4-11-22(24)27(31)29-20-14-15-26-23(18-20)21-10-5-7-13-25(21)30(26)17-16-19-8-2-1-3-9-19/h1-15,18H,16-17H2,(H,29,31). The number of nitrogens with zero attached hydrogens (tertiary/aromatic N) is 1. The number of rotatable bonds is 5. The fourth-order valence-electron chi connectivity index (χ4n) is 4.10. The van der Waals surface area contributed by atoms with Gasteiger partial charge in [0.2, 0.25) is 0 Å². The Morgan fingerprint density at radius 3 is 2.32 bits per heavy atom. The Morgan fingerprint density at radius 1 is 0.774 bits per heavy atom. The Balaban J connectivity index is 1.51. The molecule has 5 rings (SSSR count). The Morgan fingerprint density at radius 2 is 1.48 bits per heavy atom. The zero-order chi connectivity index (χ0) is 21.2. The van der Waals surface area contributed by atoms with Crippen LogP contribution in [0.3, 0.4) is 0 Å². The highest BCUT2D eigenvalue weighted by molar-refractivity contribution is 6.34. The summed E-state index contributed by atoms with van der Waals surface area (Å²) in [6.45, 7) is 0.888. The number of nitrogens with one attached hydrogen (secondary N) is 1. The van der Waals surface area contributed by atoms with E-state index in [4.69, 9.17) is 11.6 Å². The topological polar surface area (TPSA) is 34.0 Å². The van der Waals surface area contributed by atoms with E-state index in [0.29, 0.717) is 10.6 Å². The maximum Gasteiger partial charge on any atom is 0.257 e. The van der Waals surface area contributed by atoms with E-state index in [1.54, 1.807) is 12.1 Å². The first kappa shape index (κ1) is 19.4. The van der Waals surface area contributed by atoms with Crippen molar-refractivity contribution in [3.63, 3.8) is 0 Å². The van der Waals surface area contributed by atoms with Crippen molar-refractivity contribution in [2.24, 2.45) is 0 Å². The lowest BCUT2D eigenvalue weighted by molar-refractivity contribution is 0.102. The molecule has 0 unspecified atom stereocenters. The molecule has 1 N–H and O–H groups in total. The maximum absolute atomic E-state index is 12.7. The molecule has 0 spiro atoms. The zero-order valence-electron chi connectivity index (χ0n) is 16.9. The van der Waals surface area contributed by atoms with Crippen molar-refractivity contribution in [2.75, 3.05) is 5.32 Å². The maximum atomic E-state index is 12.7. The van der Waals surface area contributed by atoms with Gasteiger partial charge in [0.05, 0.1) is 10.6 Å². The predicted molar refractivity (Wildman–Crippen MR) is 129 cm³/mol. The van der Waals surface area contributed by atoms with Crippen molar-refractivity contribution in [3.05, 3.63) is 113 Å². The third kappa shape index (κ3) is 3.80. The molecule has 0 aliphatic rings. The third-order valence-corrected chi connectivity index (χ3v) is 5.95. The van der Waals surface area contributed by atoms with Crippen LogP contribution in [0, 0.1) is 0 Å². The molecule has 4 aromatic carbocycles. The Labute approximate surface area is 185 Å². The fourth-order valence-corrected chi connectivity index (χ4v) is 4.32. The van der Waals surface area contributed by atoms with E-state index < -0.39 is 0 Å². The summed E-state index contributed by atoms with van der Waals surface area (Å²) in [7, 11) is 0. The molecule has 1 amide bonds. The third-order valence-electron chi connectivity index (χ3n) is 5.62. The molecule has 0 radical (unpaired) electrons. The lowest BCUT2D eigenvalue weighted by atomic mass is 10.1. The molecule has 4 heteroatoms. The Kier molecular flexibility index (Phi) is 5.19. The minimum Gasteiger partial charge on any atom is -0.340 e. The van der Waals surface area contributed by atoms with Gasteiger partial charge in [0.25, 0.3) is 5.91 Å². The number of amides is 1. The first-order valence-electron chi connectivity index (χ1n) is 10.3. The molecular formula is C27H21ClN2O. The second-order valence-corrected chi connectivity index (χ2v) is 7.98. The summed E-state index contributed by atoms with van der Waals surface area (Å²) in [6, 6.07) is 32.1. The van der Waals surface area contributed by atoms with E-state index in [1.807, 2.05) is 30.3 Å². The van der Waals surface area contributed by atoms with Crippen LogP contribution in [-0.4, -0.2) is 10.5 Å². The van der Waals surface area contributed by atoms with Crippen LogP contribution >= 0.6 is 11.6 Å². The number of anilines is 1. The van der Waals surface area contributed by atoms with Crippen molar-refractivity contribution in [3.8, 4) is 0 Å². The zero-order valence-corrected chi connectivity index (χ0v) is 17.6. The van der Waals surface area contributed by atoms with Crippen LogP contribution in [0.15, 0.2) is 97.1 Å². The Bertz CT molecular complexity index is 1390. The number of hydrogen-bond donors (Lipinski definition) is 1. The summed E-state index contributed by atoms with van der Waals surface area (Å²) in [4.78, 5) is 12.7. The molecule has 3 nitrogen and oxygen atoms in total. The summed E-state index contributed by atoms with van der Waals surface area (Å²) in [5, 5.41) is 5.74. The van der Waals surface area contributed by atoms with Gasteiger partial charge in [-0.2, -0.15) is 0 Å². The minimum atomic E-state index is -0.210. The minimum absolute atomic E-state index is 0.210. The molecule has 5 aromatic rings. The van der Waals surface area contributed by atoms with Crippen molar-refractivity contribution in [1.29, 1.82) is 0 Å². The van der Waals surface area contributed by atoms with Crippen molar-refractivity contribution >= 4 is 45.0 Å². The molecule has 0 saturated heterocycles.